The number of nitrogens with one attached hydrogen (secondary N) is 1. The molecule has 0 aliphatic rings. The molecule has 3 N–H and O–H groups in total. The van der Waals surface area contributed by atoms with Gasteiger partial charge in [0.1, 0.15) is 0 Å². The first-order valence-electron chi connectivity index (χ1n) is 38.1. The summed E-state index contributed by atoms with van der Waals surface area (Å²) in [6.45, 7) is 4.92. The summed E-state index contributed by atoms with van der Waals surface area (Å²) in [5.74, 6) is -0.0450. The van der Waals surface area contributed by atoms with Crippen LogP contribution in [0.2, 0.25) is 0 Å². The van der Waals surface area contributed by atoms with Crippen molar-refractivity contribution in [3.63, 3.8) is 0 Å². The zero-order valence-electron chi connectivity index (χ0n) is 56.5. The van der Waals surface area contributed by atoms with Crippen LogP contribution in [-0.4, -0.2) is 47.4 Å². The third-order valence-electron chi connectivity index (χ3n) is 18.0. The molecule has 83 heavy (non-hydrogen) atoms. The number of aliphatic hydroxyl groups excluding tert-OH is 2. The van der Waals surface area contributed by atoms with Crippen LogP contribution in [0, 0.1) is 0 Å². The van der Waals surface area contributed by atoms with Gasteiger partial charge in [-0.15, -0.1) is 0 Å². The minimum Gasteiger partial charge on any atom is -0.466 e. The minimum atomic E-state index is -0.840. The molecule has 0 aromatic carbocycles. The second kappa shape index (κ2) is 72.8. The maximum absolute atomic E-state index is 12.5. The Morgan fingerprint density at radius 2 is 0.566 bits per heavy atom. The van der Waals surface area contributed by atoms with Crippen molar-refractivity contribution in [2.45, 2.75) is 443 Å². The van der Waals surface area contributed by atoms with Gasteiger partial charge in [0.05, 0.1) is 25.4 Å². The predicted molar refractivity (Wildman–Crippen MR) is 366 cm³/mol. The number of carbonyl (C=O) groups is 2. The average molecular weight is 1170 g/mol. The molecule has 492 valence electrons. The fourth-order valence-corrected chi connectivity index (χ4v) is 12.2. The van der Waals surface area contributed by atoms with Crippen molar-refractivity contribution in [2.24, 2.45) is 0 Å². The molecule has 0 rings (SSSR count). The Labute approximate surface area is 520 Å². The lowest BCUT2D eigenvalue weighted by Crippen LogP contribution is -2.45. The van der Waals surface area contributed by atoms with Gasteiger partial charge in [0.25, 0.3) is 0 Å². The number of carbonyl (C=O) groups excluding carboxylic acids is 2. The molecule has 0 saturated heterocycles. The van der Waals surface area contributed by atoms with E-state index in [4.69, 9.17) is 4.74 Å². The number of allylic oxidation sites excluding steroid dienone is 3. The standard InChI is InChI=1S/C77H149NO5/c1-3-5-7-9-11-13-15-17-18-40-43-46-49-53-57-61-65-69-75(80)74(73-79)78-76(81)70-66-62-58-54-50-47-44-41-38-36-34-32-30-28-26-24-22-20-19-21-23-25-27-29-31-33-35-37-39-42-45-48-52-56-60-64-68-72-83-77(82)71-67-63-59-55-51-16-14-12-10-8-6-4-2/h12,14,65,69,74-75,79-80H,3-11,13,15-64,66-68,70-73H2,1-2H3,(H,78,81)/b14-12-,69-65+. The zero-order chi connectivity index (χ0) is 59.9. The summed E-state index contributed by atoms with van der Waals surface area (Å²) in [6, 6.07) is -0.623. The number of unbranched alkanes of at least 4 members (excludes halogenated alkanes) is 59. The fraction of sp³-hybridized carbons (Fsp3) is 0.922. The maximum Gasteiger partial charge on any atom is 0.305 e. The molecule has 0 radical (unpaired) electrons. The minimum absolute atomic E-state index is 0.0136. The molecule has 2 atom stereocenters. The summed E-state index contributed by atoms with van der Waals surface area (Å²) in [4.78, 5) is 24.5. The third-order valence-corrected chi connectivity index (χ3v) is 18.0. The van der Waals surface area contributed by atoms with E-state index in [1.165, 1.54) is 360 Å². The van der Waals surface area contributed by atoms with Crippen molar-refractivity contribution in [3.05, 3.63) is 24.3 Å². The van der Waals surface area contributed by atoms with Gasteiger partial charge < -0.3 is 20.3 Å². The van der Waals surface area contributed by atoms with Gasteiger partial charge in [0, 0.05) is 12.8 Å². The highest BCUT2D eigenvalue weighted by atomic mass is 16.5. The largest absolute Gasteiger partial charge is 0.466 e. The molecule has 2 unspecified atom stereocenters. The Hall–Kier alpha value is -1.66. The number of rotatable bonds is 72. The van der Waals surface area contributed by atoms with Crippen molar-refractivity contribution in [3.8, 4) is 0 Å². The number of hydrogen-bond acceptors (Lipinski definition) is 5. The van der Waals surface area contributed by atoms with Gasteiger partial charge >= 0.3 is 5.97 Å². The molecule has 0 bridgehead atoms. The Morgan fingerprint density at radius 1 is 0.325 bits per heavy atom. The predicted octanol–water partition coefficient (Wildman–Crippen LogP) is 24.9. The Balaban J connectivity index is 3.31. The monoisotopic (exact) mass is 1170 g/mol. The fourth-order valence-electron chi connectivity index (χ4n) is 12.2. The molecule has 0 aromatic heterocycles. The highest BCUT2D eigenvalue weighted by Gasteiger charge is 2.18. The first-order chi connectivity index (χ1) is 41.0. The van der Waals surface area contributed by atoms with Crippen LogP contribution in [0.3, 0.4) is 0 Å². The van der Waals surface area contributed by atoms with Crippen LogP contribution < -0.4 is 5.32 Å². The molecule has 1 amide bonds. The summed E-state index contributed by atoms with van der Waals surface area (Å²) in [6.07, 6.45) is 93.0. The van der Waals surface area contributed by atoms with Crippen LogP contribution in [0.1, 0.15) is 431 Å². The van der Waals surface area contributed by atoms with Gasteiger partial charge in [-0.1, -0.05) is 385 Å². The van der Waals surface area contributed by atoms with Gasteiger partial charge in [0.15, 0.2) is 0 Å². The van der Waals surface area contributed by atoms with E-state index in [-0.39, 0.29) is 18.5 Å². The second-order valence-electron chi connectivity index (χ2n) is 26.3. The van der Waals surface area contributed by atoms with E-state index in [0.717, 1.165) is 44.9 Å². The maximum atomic E-state index is 12.5. The zero-order valence-corrected chi connectivity index (χ0v) is 56.5. The van der Waals surface area contributed by atoms with E-state index in [1.54, 1.807) is 6.08 Å². The Bertz CT molecular complexity index is 1300. The molecule has 0 aromatic rings. The molecule has 0 aliphatic carbocycles. The van der Waals surface area contributed by atoms with Crippen LogP contribution in [-0.2, 0) is 14.3 Å². The summed E-state index contributed by atoms with van der Waals surface area (Å²) in [5, 5.41) is 23.2. The molecule has 6 nitrogen and oxygen atoms in total. The summed E-state index contributed by atoms with van der Waals surface area (Å²) >= 11 is 0. The van der Waals surface area contributed by atoms with Crippen LogP contribution in [0.15, 0.2) is 24.3 Å². The highest BCUT2D eigenvalue weighted by molar-refractivity contribution is 5.76. The SMILES string of the molecule is CCCCC/C=C\CCCCCCCC(=O)OCCCCCCCCCCCCCCCCCCCCCCCCCCCCCCCCCCCCCCCC(=O)NC(CO)C(O)/C=C/CCCCCCCCCCCCCCCCC. The first-order valence-corrected chi connectivity index (χ1v) is 38.1. The lowest BCUT2D eigenvalue weighted by atomic mass is 10.0. The third kappa shape index (κ3) is 69.3. The molecule has 0 saturated carbocycles. The van der Waals surface area contributed by atoms with Gasteiger partial charge in [-0.05, 0) is 57.8 Å². The van der Waals surface area contributed by atoms with Crippen molar-refractivity contribution < 1.29 is 24.5 Å². The van der Waals surface area contributed by atoms with E-state index in [9.17, 15) is 19.8 Å². The van der Waals surface area contributed by atoms with Gasteiger partial charge in [-0.2, -0.15) is 0 Å². The topological polar surface area (TPSA) is 95.9 Å². The van der Waals surface area contributed by atoms with Crippen molar-refractivity contribution >= 4 is 11.9 Å². The van der Waals surface area contributed by atoms with Gasteiger partial charge in [0.2, 0.25) is 5.91 Å². The summed E-state index contributed by atoms with van der Waals surface area (Å²) < 4.78 is 5.48. The van der Waals surface area contributed by atoms with E-state index in [2.05, 4.69) is 31.3 Å². The smallest absolute Gasteiger partial charge is 0.305 e. The van der Waals surface area contributed by atoms with Gasteiger partial charge in [-0.3, -0.25) is 9.59 Å². The van der Waals surface area contributed by atoms with E-state index < -0.39 is 12.1 Å². The van der Waals surface area contributed by atoms with E-state index >= 15 is 0 Å². The van der Waals surface area contributed by atoms with Crippen molar-refractivity contribution in [1.29, 1.82) is 0 Å². The number of esters is 1. The van der Waals surface area contributed by atoms with E-state index in [0.29, 0.717) is 19.4 Å². The van der Waals surface area contributed by atoms with E-state index in [1.807, 2.05) is 6.08 Å². The van der Waals surface area contributed by atoms with Crippen LogP contribution >= 0.6 is 0 Å². The van der Waals surface area contributed by atoms with Crippen molar-refractivity contribution in [2.75, 3.05) is 13.2 Å². The molecular formula is C77H149NO5. The summed E-state index contributed by atoms with van der Waals surface area (Å²) in [5.41, 5.74) is 0. The molecule has 0 fully saturated rings. The Morgan fingerprint density at radius 3 is 0.880 bits per heavy atom. The second-order valence-corrected chi connectivity index (χ2v) is 26.3. The average Bonchev–Trinajstić information content (AvgIpc) is 3.49. The normalized spacial score (nSPS) is 12.6. The highest BCUT2D eigenvalue weighted by Crippen LogP contribution is 2.20. The molecule has 0 spiro atoms. The van der Waals surface area contributed by atoms with Crippen molar-refractivity contribution in [1.82, 2.24) is 5.32 Å². The van der Waals surface area contributed by atoms with Crippen LogP contribution in [0.4, 0.5) is 0 Å². The molecule has 0 heterocycles. The van der Waals surface area contributed by atoms with Crippen LogP contribution in [0.25, 0.3) is 0 Å². The lowest BCUT2D eigenvalue weighted by molar-refractivity contribution is -0.143. The van der Waals surface area contributed by atoms with Gasteiger partial charge in [-0.25, -0.2) is 0 Å². The first kappa shape index (κ1) is 81.3. The quantitative estimate of drug-likeness (QED) is 0.0320. The Kier molecular flexibility index (Phi) is 71.4. The molecular weight excluding hydrogens is 1020 g/mol. The lowest BCUT2D eigenvalue weighted by Gasteiger charge is -2.20. The number of amides is 1. The molecule has 6 heteroatoms. The number of hydrogen-bond donors (Lipinski definition) is 3. The number of aliphatic hydroxyl groups is 2. The number of ether oxygens (including phenoxy) is 1. The molecule has 0 aliphatic heterocycles. The summed E-state index contributed by atoms with van der Waals surface area (Å²) in [7, 11) is 0. The van der Waals surface area contributed by atoms with Crippen LogP contribution in [0.5, 0.6) is 0 Å².